The summed E-state index contributed by atoms with van der Waals surface area (Å²) in [5, 5.41) is 18.2. The molecule has 0 aliphatic carbocycles. The lowest BCUT2D eigenvalue weighted by molar-refractivity contribution is -0.140. The minimum atomic E-state index is -4.50. The van der Waals surface area contributed by atoms with Gasteiger partial charge in [0, 0.05) is 6.61 Å². The zero-order chi connectivity index (χ0) is 17.2. The van der Waals surface area contributed by atoms with Crippen molar-refractivity contribution in [2.45, 2.75) is 51.4 Å². The van der Waals surface area contributed by atoms with Crippen LogP contribution in [0.1, 0.15) is 33.1 Å². The quantitative estimate of drug-likeness (QED) is 0.277. The zero-order valence-electron chi connectivity index (χ0n) is 12.9. The van der Waals surface area contributed by atoms with Crippen molar-refractivity contribution < 1.29 is 38.3 Å². The second-order valence-corrected chi connectivity index (χ2v) is 6.28. The average molecular weight is 343 g/mol. The Hall–Kier alpha value is -0.540. The summed E-state index contributed by atoms with van der Waals surface area (Å²) in [5.74, 6) is -1.37. The molecule has 0 fully saturated rings. The van der Waals surface area contributed by atoms with Crippen LogP contribution in [-0.2, 0) is 23.1 Å². The minimum absolute atomic E-state index is 0.0338. The van der Waals surface area contributed by atoms with Crippen LogP contribution in [0.2, 0.25) is 0 Å². The Morgan fingerprint density at radius 1 is 1.32 bits per heavy atom. The summed E-state index contributed by atoms with van der Waals surface area (Å²) >= 11 is 0. The Kier molecular flexibility index (Phi) is 10.8. The van der Waals surface area contributed by atoms with Gasteiger partial charge in [0.05, 0.1) is 19.3 Å². The van der Waals surface area contributed by atoms with Gasteiger partial charge >= 0.3 is 13.8 Å². The molecule has 0 spiro atoms. The molecule has 0 saturated heterocycles. The van der Waals surface area contributed by atoms with E-state index in [2.05, 4.69) is 16.0 Å². The SMILES string of the molecule is CCCCCOC[C@H](O)COP(=O)(O)O[C@H](C)[C@H](N)C(=O)O. The topological polar surface area (TPSA) is 149 Å². The maximum atomic E-state index is 11.6. The first-order chi connectivity index (χ1) is 10.2. The van der Waals surface area contributed by atoms with Crippen molar-refractivity contribution in [3.63, 3.8) is 0 Å². The molecule has 0 rings (SSSR count). The van der Waals surface area contributed by atoms with Gasteiger partial charge in [-0.1, -0.05) is 19.8 Å². The monoisotopic (exact) mass is 343 g/mol. The summed E-state index contributed by atoms with van der Waals surface area (Å²) in [6.45, 7) is 3.27. The van der Waals surface area contributed by atoms with Crippen LogP contribution in [0.5, 0.6) is 0 Å². The number of nitrogens with two attached hydrogens (primary N) is 1. The van der Waals surface area contributed by atoms with Crippen molar-refractivity contribution in [3.8, 4) is 0 Å². The van der Waals surface area contributed by atoms with E-state index in [-0.39, 0.29) is 6.61 Å². The van der Waals surface area contributed by atoms with Crippen molar-refractivity contribution in [1.82, 2.24) is 0 Å². The van der Waals surface area contributed by atoms with Crippen LogP contribution in [0.25, 0.3) is 0 Å². The number of hydrogen-bond acceptors (Lipinski definition) is 7. The van der Waals surface area contributed by atoms with Crippen LogP contribution < -0.4 is 5.73 Å². The van der Waals surface area contributed by atoms with Crippen molar-refractivity contribution >= 4 is 13.8 Å². The Labute approximate surface area is 130 Å². The fourth-order valence-electron chi connectivity index (χ4n) is 1.41. The molecule has 1 unspecified atom stereocenters. The van der Waals surface area contributed by atoms with E-state index in [0.29, 0.717) is 6.61 Å². The molecule has 0 aromatic heterocycles. The third-order valence-electron chi connectivity index (χ3n) is 2.72. The van der Waals surface area contributed by atoms with E-state index in [1.165, 1.54) is 6.92 Å². The van der Waals surface area contributed by atoms with Crippen molar-refractivity contribution in [1.29, 1.82) is 0 Å². The number of ether oxygens (including phenoxy) is 1. The van der Waals surface area contributed by atoms with Gasteiger partial charge in [-0.3, -0.25) is 13.8 Å². The molecule has 0 heterocycles. The molecule has 0 aliphatic heterocycles. The van der Waals surface area contributed by atoms with Crippen LogP contribution in [0.15, 0.2) is 0 Å². The average Bonchev–Trinajstić information content (AvgIpc) is 2.43. The predicted molar refractivity (Wildman–Crippen MR) is 78.3 cm³/mol. The van der Waals surface area contributed by atoms with Crippen LogP contribution in [0.4, 0.5) is 0 Å². The maximum absolute atomic E-state index is 11.6. The van der Waals surface area contributed by atoms with Gasteiger partial charge in [0.2, 0.25) is 0 Å². The summed E-state index contributed by atoms with van der Waals surface area (Å²) < 4.78 is 25.9. The first kappa shape index (κ1) is 21.5. The highest BCUT2D eigenvalue weighted by atomic mass is 31.2. The molecule has 0 aromatic carbocycles. The number of carbonyl (C=O) groups is 1. The number of aliphatic hydroxyl groups excluding tert-OH is 1. The van der Waals surface area contributed by atoms with E-state index in [1.807, 2.05) is 0 Å². The van der Waals surface area contributed by atoms with E-state index in [9.17, 15) is 19.4 Å². The van der Waals surface area contributed by atoms with Crippen LogP contribution >= 0.6 is 7.82 Å². The van der Waals surface area contributed by atoms with Gasteiger partial charge in [0.25, 0.3) is 0 Å². The summed E-state index contributed by atoms with van der Waals surface area (Å²) in [6.07, 6.45) is 0.631. The van der Waals surface area contributed by atoms with Gasteiger partial charge in [-0.05, 0) is 13.3 Å². The molecule has 0 aliphatic rings. The predicted octanol–water partition coefficient (Wildman–Crippen LogP) is 0.488. The second kappa shape index (κ2) is 11.1. The van der Waals surface area contributed by atoms with E-state index < -0.39 is 38.6 Å². The molecule has 10 heteroatoms. The lowest BCUT2D eigenvalue weighted by Crippen LogP contribution is -2.41. The number of phosphoric ester groups is 1. The van der Waals surface area contributed by atoms with E-state index in [0.717, 1.165) is 19.3 Å². The Morgan fingerprint density at radius 2 is 1.95 bits per heavy atom. The molecule has 0 aromatic rings. The smallest absolute Gasteiger partial charge is 0.472 e. The summed E-state index contributed by atoms with van der Waals surface area (Å²) in [4.78, 5) is 20.0. The van der Waals surface area contributed by atoms with Crippen LogP contribution in [0, 0.1) is 0 Å². The van der Waals surface area contributed by atoms with E-state index >= 15 is 0 Å². The molecule has 132 valence electrons. The Morgan fingerprint density at radius 3 is 2.50 bits per heavy atom. The standard InChI is InChI=1S/C12H26NO8P/c1-3-4-5-6-19-7-10(14)8-20-22(17,18)21-9(2)11(13)12(15)16/h9-11,14H,3-8,13H2,1-2H3,(H,15,16)(H,17,18)/t9-,10+,11+/m1/s1. The van der Waals surface area contributed by atoms with Gasteiger partial charge in [-0.25, -0.2) is 4.57 Å². The number of rotatable bonds is 13. The Balaban J connectivity index is 4.00. The molecule has 5 N–H and O–H groups in total. The first-order valence-corrected chi connectivity index (χ1v) is 8.59. The molecular weight excluding hydrogens is 317 g/mol. The summed E-state index contributed by atoms with van der Waals surface area (Å²) in [6, 6.07) is -1.46. The van der Waals surface area contributed by atoms with Gasteiger partial charge in [-0.2, -0.15) is 0 Å². The van der Waals surface area contributed by atoms with Crippen LogP contribution in [-0.4, -0.2) is 59.1 Å². The van der Waals surface area contributed by atoms with Crippen LogP contribution in [0.3, 0.4) is 0 Å². The minimum Gasteiger partial charge on any atom is -0.480 e. The number of hydrogen-bond donors (Lipinski definition) is 4. The molecule has 4 atom stereocenters. The maximum Gasteiger partial charge on any atom is 0.472 e. The fourth-order valence-corrected chi connectivity index (χ4v) is 2.38. The number of carboxylic acids is 1. The highest BCUT2D eigenvalue weighted by Crippen LogP contribution is 2.44. The lowest BCUT2D eigenvalue weighted by atomic mass is 10.2. The summed E-state index contributed by atoms with van der Waals surface area (Å²) in [7, 11) is -4.50. The summed E-state index contributed by atoms with van der Waals surface area (Å²) in [5.41, 5.74) is 5.25. The molecule has 0 amide bonds. The molecule has 9 nitrogen and oxygen atoms in total. The van der Waals surface area contributed by atoms with Crippen molar-refractivity contribution in [2.75, 3.05) is 19.8 Å². The number of phosphoric acid groups is 1. The van der Waals surface area contributed by atoms with Gasteiger partial charge < -0.3 is 25.6 Å². The highest BCUT2D eigenvalue weighted by molar-refractivity contribution is 7.47. The largest absolute Gasteiger partial charge is 0.480 e. The lowest BCUT2D eigenvalue weighted by Gasteiger charge is -2.21. The highest BCUT2D eigenvalue weighted by Gasteiger charge is 2.31. The van der Waals surface area contributed by atoms with Gasteiger partial charge in [0.1, 0.15) is 12.1 Å². The zero-order valence-corrected chi connectivity index (χ0v) is 13.8. The van der Waals surface area contributed by atoms with Gasteiger partial charge in [0.15, 0.2) is 0 Å². The third kappa shape index (κ3) is 10.2. The molecule has 0 radical (unpaired) electrons. The van der Waals surface area contributed by atoms with E-state index in [1.54, 1.807) is 0 Å². The third-order valence-corrected chi connectivity index (χ3v) is 3.80. The fraction of sp³-hybridized carbons (Fsp3) is 0.917. The molecule has 22 heavy (non-hydrogen) atoms. The van der Waals surface area contributed by atoms with Crippen molar-refractivity contribution in [3.05, 3.63) is 0 Å². The first-order valence-electron chi connectivity index (χ1n) is 7.09. The van der Waals surface area contributed by atoms with E-state index in [4.69, 9.17) is 15.6 Å². The number of aliphatic hydroxyl groups is 1. The van der Waals surface area contributed by atoms with Gasteiger partial charge in [-0.15, -0.1) is 0 Å². The Bertz CT molecular complexity index is 367. The van der Waals surface area contributed by atoms with Crippen molar-refractivity contribution in [2.24, 2.45) is 5.73 Å². The molecule has 0 saturated carbocycles. The number of unbranched alkanes of at least 4 members (excludes halogenated alkanes) is 2. The normalized spacial score (nSPS) is 18.4. The molecular formula is C12H26NO8P. The second-order valence-electron chi connectivity index (χ2n) is 4.87. The number of aliphatic carboxylic acids is 1. The number of carboxylic acid groups (broad SMARTS) is 1. The molecule has 0 bridgehead atoms.